The second-order valence-electron chi connectivity index (χ2n) is 8.56. The van der Waals surface area contributed by atoms with Gasteiger partial charge in [0.1, 0.15) is 23.2 Å². The van der Waals surface area contributed by atoms with Crippen LogP contribution in [0.2, 0.25) is 5.02 Å². The summed E-state index contributed by atoms with van der Waals surface area (Å²) in [5.74, 6) is 1.13. The maximum atomic E-state index is 13.1. The summed E-state index contributed by atoms with van der Waals surface area (Å²) in [6, 6.07) is 7.40. The van der Waals surface area contributed by atoms with Gasteiger partial charge in [-0.05, 0) is 51.8 Å². The van der Waals surface area contributed by atoms with Gasteiger partial charge < -0.3 is 14.5 Å². The van der Waals surface area contributed by atoms with Gasteiger partial charge >= 0.3 is 6.09 Å². The summed E-state index contributed by atoms with van der Waals surface area (Å²) in [6.45, 7) is 5.60. The Bertz CT molecular complexity index is 950. The molecule has 7 heteroatoms. The minimum Gasteiger partial charge on any atom is -0.495 e. The number of halogens is 1. The lowest BCUT2D eigenvalue weighted by atomic mass is 9.94. The molecule has 1 aliphatic rings. The predicted octanol–water partition coefficient (Wildman–Crippen LogP) is 6.29. The van der Waals surface area contributed by atoms with Crippen molar-refractivity contribution in [2.45, 2.75) is 64.5 Å². The minimum absolute atomic E-state index is 0.0890. The summed E-state index contributed by atoms with van der Waals surface area (Å²) in [4.78, 5) is 18.0. The first-order chi connectivity index (χ1) is 14.2. The van der Waals surface area contributed by atoms with Gasteiger partial charge in [-0.2, -0.15) is 5.26 Å². The number of methoxy groups -OCH3 is 1. The molecule has 3 rings (SSSR count). The van der Waals surface area contributed by atoms with Crippen molar-refractivity contribution in [1.29, 1.82) is 5.26 Å². The fourth-order valence-electron chi connectivity index (χ4n) is 3.80. The Labute approximate surface area is 182 Å². The minimum atomic E-state index is -0.580. The van der Waals surface area contributed by atoms with Crippen LogP contribution in [0.4, 0.5) is 10.6 Å². The van der Waals surface area contributed by atoms with Crippen LogP contribution >= 0.6 is 11.6 Å². The van der Waals surface area contributed by atoms with Crippen LogP contribution in [0.3, 0.4) is 0 Å². The molecule has 2 aromatic rings. The molecule has 160 valence electrons. The number of hydrogen-bond donors (Lipinski definition) is 1. The average Bonchev–Trinajstić information content (AvgIpc) is 3.16. The van der Waals surface area contributed by atoms with Gasteiger partial charge in [0.25, 0.3) is 0 Å². The highest BCUT2D eigenvalue weighted by molar-refractivity contribution is 6.33. The summed E-state index contributed by atoms with van der Waals surface area (Å²) in [6.07, 6.45) is 6.72. The average molecular weight is 430 g/mol. The summed E-state index contributed by atoms with van der Waals surface area (Å²) in [5, 5.41) is 9.70. The molecule has 6 nitrogen and oxygen atoms in total. The van der Waals surface area contributed by atoms with Crippen molar-refractivity contribution in [3.8, 4) is 22.9 Å². The third-order valence-electron chi connectivity index (χ3n) is 5.18. The highest BCUT2D eigenvalue weighted by atomic mass is 35.5. The number of aromatic nitrogens is 1. The number of nitriles is 1. The van der Waals surface area contributed by atoms with Gasteiger partial charge in [-0.1, -0.05) is 30.9 Å². The van der Waals surface area contributed by atoms with E-state index >= 15 is 0 Å². The second-order valence-corrected chi connectivity index (χ2v) is 8.97. The fourth-order valence-corrected chi connectivity index (χ4v) is 4.08. The van der Waals surface area contributed by atoms with Crippen LogP contribution in [-0.4, -0.2) is 29.8 Å². The molecule has 0 aliphatic heterocycles. The van der Waals surface area contributed by atoms with Gasteiger partial charge in [0.05, 0.1) is 17.7 Å². The van der Waals surface area contributed by atoms with Crippen LogP contribution in [0, 0.1) is 11.3 Å². The van der Waals surface area contributed by atoms with E-state index in [1.807, 2.05) is 33.0 Å². The molecule has 1 heterocycles. The van der Waals surface area contributed by atoms with Crippen molar-refractivity contribution >= 4 is 23.5 Å². The highest BCUT2D eigenvalue weighted by Gasteiger charge is 2.31. The van der Waals surface area contributed by atoms with E-state index in [2.05, 4.69) is 11.1 Å². The molecule has 0 radical (unpaired) electrons. The number of nitrogens with one attached hydrogen (secondary N) is 1. The van der Waals surface area contributed by atoms with E-state index in [1.165, 1.54) is 13.5 Å². The van der Waals surface area contributed by atoms with E-state index < -0.39 is 5.60 Å². The Morgan fingerprint density at radius 3 is 2.53 bits per heavy atom. The first-order valence-corrected chi connectivity index (χ1v) is 10.6. The number of H-pyrrole nitrogens is 1. The van der Waals surface area contributed by atoms with Crippen LogP contribution in [0.15, 0.2) is 24.4 Å². The zero-order valence-electron chi connectivity index (χ0n) is 17.9. The number of hydrogen-bond acceptors (Lipinski definition) is 4. The van der Waals surface area contributed by atoms with Crippen LogP contribution in [-0.2, 0) is 4.74 Å². The molecule has 1 amide bonds. The van der Waals surface area contributed by atoms with Gasteiger partial charge in [0.15, 0.2) is 0 Å². The Morgan fingerprint density at radius 2 is 1.93 bits per heavy atom. The fraction of sp³-hybridized carbons (Fsp3) is 0.478. The van der Waals surface area contributed by atoms with Crippen molar-refractivity contribution in [3.63, 3.8) is 0 Å². The number of benzene rings is 1. The number of rotatable bonds is 4. The number of amides is 1. The molecule has 1 saturated carbocycles. The monoisotopic (exact) mass is 429 g/mol. The lowest BCUT2D eigenvalue weighted by Gasteiger charge is -2.34. The van der Waals surface area contributed by atoms with Crippen molar-refractivity contribution < 1.29 is 14.3 Å². The maximum absolute atomic E-state index is 13.1. The molecule has 0 bridgehead atoms. The quantitative estimate of drug-likeness (QED) is 0.619. The zero-order valence-corrected chi connectivity index (χ0v) is 18.7. The molecule has 0 spiro atoms. The summed E-state index contributed by atoms with van der Waals surface area (Å²) >= 11 is 6.43. The van der Waals surface area contributed by atoms with Crippen LogP contribution < -0.4 is 9.64 Å². The molecule has 1 fully saturated rings. The molecule has 1 N–H and O–H groups in total. The normalized spacial score (nSPS) is 14.8. The number of aromatic amines is 1. The van der Waals surface area contributed by atoms with Crippen LogP contribution in [0.5, 0.6) is 5.75 Å². The number of anilines is 1. The number of ether oxygens (including phenoxy) is 2. The molecule has 0 saturated heterocycles. The van der Waals surface area contributed by atoms with Gasteiger partial charge in [-0.3, -0.25) is 4.90 Å². The maximum Gasteiger partial charge on any atom is 0.416 e. The van der Waals surface area contributed by atoms with Crippen molar-refractivity contribution in [2.24, 2.45) is 0 Å². The van der Waals surface area contributed by atoms with E-state index in [9.17, 15) is 10.1 Å². The smallest absolute Gasteiger partial charge is 0.416 e. The summed E-state index contributed by atoms with van der Waals surface area (Å²) < 4.78 is 11.0. The molecule has 0 atom stereocenters. The van der Waals surface area contributed by atoms with E-state index in [0.29, 0.717) is 22.2 Å². The lowest BCUT2D eigenvalue weighted by Crippen LogP contribution is -2.44. The predicted molar refractivity (Wildman–Crippen MR) is 118 cm³/mol. The van der Waals surface area contributed by atoms with Crippen molar-refractivity contribution in [2.75, 3.05) is 12.0 Å². The summed E-state index contributed by atoms with van der Waals surface area (Å²) in [7, 11) is 1.52. The number of carbonyl (C=O) groups excluding carboxylic acids is 1. The van der Waals surface area contributed by atoms with Crippen molar-refractivity contribution in [1.82, 2.24) is 4.98 Å². The largest absolute Gasteiger partial charge is 0.495 e. The molecule has 1 aromatic heterocycles. The van der Waals surface area contributed by atoms with E-state index in [4.69, 9.17) is 21.1 Å². The Kier molecular flexibility index (Phi) is 6.62. The molecule has 1 aliphatic carbocycles. The lowest BCUT2D eigenvalue weighted by molar-refractivity contribution is 0.0557. The number of carbonyl (C=O) groups is 1. The third-order valence-corrected chi connectivity index (χ3v) is 5.49. The van der Waals surface area contributed by atoms with Crippen molar-refractivity contribution in [3.05, 3.63) is 35.0 Å². The van der Waals surface area contributed by atoms with E-state index in [0.717, 1.165) is 36.8 Å². The standard InChI is InChI=1S/C23H28ClN3O3/c1-23(2,3)30-22(28)27(17-8-6-5-7-9-17)21-11-16(14-26-21)18-12-20(29-4)15(13-25)10-19(18)24/h10-12,14,17,26H,5-9H2,1-4H3. The van der Waals surface area contributed by atoms with Crippen LogP contribution in [0.25, 0.3) is 11.1 Å². The molecule has 30 heavy (non-hydrogen) atoms. The first-order valence-electron chi connectivity index (χ1n) is 10.2. The van der Waals surface area contributed by atoms with Crippen LogP contribution in [0.1, 0.15) is 58.4 Å². The van der Waals surface area contributed by atoms with E-state index in [1.54, 1.807) is 17.0 Å². The zero-order chi connectivity index (χ0) is 21.9. The van der Waals surface area contributed by atoms with Gasteiger partial charge in [-0.15, -0.1) is 0 Å². The topological polar surface area (TPSA) is 78.3 Å². The Hall–Kier alpha value is -2.65. The second kappa shape index (κ2) is 9.01. The van der Waals surface area contributed by atoms with Gasteiger partial charge in [0, 0.05) is 23.4 Å². The highest BCUT2D eigenvalue weighted by Crippen LogP contribution is 2.37. The van der Waals surface area contributed by atoms with E-state index in [-0.39, 0.29) is 12.1 Å². The third kappa shape index (κ3) is 4.91. The molecule has 0 unspecified atom stereocenters. The van der Waals surface area contributed by atoms with Gasteiger partial charge in [0.2, 0.25) is 0 Å². The first kappa shape index (κ1) is 22.0. The SMILES string of the molecule is COc1cc(-c2c[nH]c(N(C(=O)OC(C)(C)C)C3CCCCC3)c2)c(Cl)cc1C#N. The Balaban J connectivity index is 1.98. The summed E-state index contributed by atoms with van der Waals surface area (Å²) in [5.41, 5.74) is 1.33. The molecular weight excluding hydrogens is 402 g/mol. The number of nitrogens with zero attached hydrogens (tertiary/aromatic N) is 2. The molecule has 1 aromatic carbocycles. The molecular formula is C23H28ClN3O3. The Morgan fingerprint density at radius 1 is 1.23 bits per heavy atom. The van der Waals surface area contributed by atoms with Gasteiger partial charge in [-0.25, -0.2) is 4.79 Å².